The Morgan fingerprint density at radius 3 is 2.73 bits per heavy atom. The van der Waals surface area contributed by atoms with Gasteiger partial charge in [0.05, 0.1) is 12.3 Å². The molecule has 0 spiro atoms. The average molecular weight is 158 g/mol. The molecule has 3 unspecified atom stereocenters. The van der Waals surface area contributed by atoms with Gasteiger partial charge in [-0.05, 0) is 13.5 Å². The molecule has 0 aromatic carbocycles. The van der Waals surface area contributed by atoms with E-state index in [-0.39, 0.29) is 6.17 Å². The molecule has 2 N–H and O–H groups in total. The maximum absolute atomic E-state index is 5.93. The summed E-state index contributed by atoms with van der Waals surface area (Å²) in [6.45, 7) is 3.19. The molecule has 1 aliphatic rings. The van der Waals surface area contributed by atoms with Gasteiger partial charge in [0, 0.05) is 19.6 Å². The van der Waals surface area contributed by atoms with E-state index in [1.807, 2.05) is 0 Å². The summed E-state index contributed by atoms with van der Waals surface area (Å²) in [7, 11) is 3.83. The zero-order chi connectivity index (χ0) is 8.43. The van der Waals surface area contributed by atoms with Gasteiger partial charge in [0.25, 0.3) is 0 Å². The Labute approximate surface area is 68.5 Å². The number of methoxy groups -OCH3 is 1. The molecule has 1 saturated heterocycles. The Morgan fingerprint density at radius 1 is 1.55 bits per heavy atom. The molecule has 0 saturated carbocycles. The number of nitrogens with zero attached hydrogens (tertiary/aromatic N) is 1. The van der Waals surface area contributed by atoms with Gasteiger partial charge in [0.15, 0.2) is 0 Å². The lowest BCUT2D eigenvalue weighted by molar-refractivity contribution is -0.0230. The normalized spacial score (nSPS) is 40.9. The van der Waals surface area contributed by atoms with Crippen molar-refractivity contribution in [3.63, 3.8) is 0 Å². The maximum atomic E-state index is 5.93. The standard InChI is InChI=1S/C8H18N2O/c1-6-7(11-3)4-5-10(2)8(6)9/h6-8H,4-5,9H2,1-3H3. The second kappa shape index (κ2) is 3.52. The molecule has 1 rings (SSSR count). The van der Waals surface area contributed by atoms with Crippen molar-refractivity contribution in [2.45, 2.75) is 25.6 Å². The van der Waals surface area contributed by atoms with E-state index in [4.69, 9.17) is 10.5 Å². The number of hydrogen-bond acceptors (Lipinski definition) is 3. The Hall–Kier alpha value is -0.120. The molecule has 0 amide bonds. The molecule has 3 nitrogen and oxygen atoms in total. The summed E-state index contributed by atoms with van der Waals surface area (Å²) in [6, 6.07) is 0. The van der Waals surface area contributed by atoms with Crippen LogP contribution in [0.1, 0.15) is 13.3 Å². The Bertz CT molecular complexity index is 127. The van der Waals surface area contributed by atoms with Crippen LogP contribution < -0.4 is 5.73 Å². The van der Waals surface area contributed by atoms with Crippen molar-refractivity contribution >= 4 is 0 Å². The molecule has 1 fully saturated rings. The van der Waals surface area contributed by atoms with Gasteiger partial charge in [-0.1, -0.05) is 6.92 Å². The minimum Gasteiger partial charge on any atom is -0.381 e. The van der Waals surface area contributed by atoms with Crippen LogP contribution >= 0.6 is 0 Å². The first-order valence-corrected chi connectivity index (χ1v) is 4.15. The predicted molar refractivity (Wildman–Crippen MR) is 45.2 cm³/mol. The number of rotatable bonds is 1. The first-order chi connectivity index (χ1) is 5.16. The van der Waals surface area contributed by atoms with Crippen LogP contribution in [-0.2, 0) is 4.74 Å². The van der Waals surface area contributed by atoms with Crippen molar-refractivity contribution in [2.24, 2.45) is 11.7 Å². The monoisotopic (exact) mass is 158 g/mol. The largest absolute Gasteiger partial charge is 0.381 e. The van der Waals surface area contributed by atoms with Gasteiger partial charge >= 0.3 is 0 Å². The molecule has 1 heterocycles. The van der Waals surface area contributed by atoms with Gasteiger partial charge < -0.3 is 10.5 Å². The van der Waals surface area contributed by atoms with Crippen LogP contribution in [0, 0.1) is 5.92 Å². The molecule has 1 aliphatic heterocycles. The van der Waals surface area contributed by atoms with Crippen molar-refractivity contribution in [1.29, 1.82) is 0 Å². The van der Waals surface area contributed by atoms with E-state index in [2.05, 4.69) is 18.9 Å². The molecule has 0 aliphatic carbocycles. The highest BCUT2D eigenvalue weighted by atomic mass is 16.5. The predicted octanol–water partition coefficient (Wildman–Crippen LogP) is 0.258. The SMILES string of the molecule is COC1CCN(C)C(N)C1C. The van der Waals surface area contributed by atoms with Gasteiger partial charge in [0.1, 0.15) is 0 Å². The first kappa shape index (κ1) is 8.97. The van der Waals surface area contributed by atoms with Crippen LogP contribution in [0.15, 0.2) is 0 Å². The van der Waals surface area contributed by atoms with Crippen LogP contribution in [0.3, 0.4) is 0 Å². The molecular formula is C8H18N2O. The zero-order valence-corrected chi connectivity index (χ0v) is 7.58. The lowest BCUT2D eigenvalue weighted by Crippen LogP contribution is -2.53. The number of hydrogen-bond donors (Lipinski definition) is 1. The molecule has 3 heteroatoms. The lowest BCUT2D eigenvalue weighted by atomic mass is 9.94. The van der Waals surface area contributed by atoms with Crippen LogP contribution in [0.4, 0.5) is 0 Å². The minimum absolute atomic E-state index is 0.161. The lowest BCUT2D eigenvalue weighted by Gasteiger charge is -2.39. The fourth-order valence-corrected chi connectivity index (χ4v) is 1.70. The van der Waals surface area contributed by atoms with Gasteiger partial charge in [-0.25, -0.2) is 0 Å². The molecule has 0 aromatic rings. The Kier molecular flexibility index (Phi) is 2.87. The third-order valence-electron chi connectivity index (χ3n) is 2.70. The van der Waals surface area contributed by atoms with E-state index >= 15 is 0 Å². The Morgan fingerprint density at radius 2 is 2.18 bits per heavy atom. The highest BCUT2D eigenvalue weighted by Gasteiger charge is 2.30. The number of likely N-dealkylation sites (tertiary alicyclic amines) is 1. The number of ether oxygens (including phenoxy) is 1. The fourth-order valence-electron chi connectivity index (χ4n) is 1.70. The van der Waals surface area contributed by atoms with E-state index < -0.39 is 0 Å². The summed E-state index contributed by atoms with van der Waals surface area (Å²) in [5.41, 5.74) is 5.93. The van der Waals surface area contributed by atoms with Crippen molar-refractivity contribution < 1.29 is 4.74 Å². The fraction of sp³-hybridized carbons (Fsp3) is 1.00. The quantitative estimate of drug-likeness (QED) is 0.595. The average Bonchev–Trinajstić information content (AvgIpc) is 2.01. The van der Waals surface area contributed by atoms with E-state index in [9.17, 15) is 0 Å². The van der Waals surface area contributed by atoms with E-state index in [0.29, 0.717) is 12.0 Å². The summed E-state index contributed by atoms with van der Waals surface area (Å²) in [5.74, 6) is 0.443. The van der Waals surface area contributed by atoms with Gasteiger partial charge in [-0.3, -0.25) is 4.90 Å². The molecule has 3 atom stereocenters. The summed E-state index contributed by atoms with van der Waals surface area (Å²) >= 11 is 0. The van der Waals surface area contributed by atoms with Gasteiger partial charge in [-0.2, -0.15) is 0 Å². The summed E-state index contributed by atoms with van der Waals surface area (Å²) in [6.07, 6.45) is 1.61. The van der Waals surface area contributed by atoms with Crippen LogP contribution in [0.5, 0.6) is 0 Å². The van der Waals surface area contributed by atoms with E-state index in [1.165, 1.54) is 0 Å². The molecule has 0 bridgehead atoms. The number of piperidine rings is 1. The van der Waals surface area contributed by atoms with E-state index in [0.717, 1.165) is 13.0 Å². The summed E-state index contributed by atoms with van der Waals surface area (Å²) in [4.78, 5) is 2.18. The van der Waals surface area contributed by atoms with Crippen molar-refractivity contribution in [1.82, 2.24) is 4.90 Å². The Balaban J connectivity index is 2.52. The van der Waals surface area contributed by atoms with Gasteiger partial charge in [0.2, 0.25) is 0 Å². The van der Waals surface area contributed by atoms with Crippen molar-refractivity contribution in [3.8, 4) is 0 Å². The summed E-state index contributed by atoms with van der Waals surface area (Å²) in [5, 5.41) is 0. The van der Waals surface area contributed by atoms with Crippen LogP contribution in [0.2, 0.25) is 0 Å². The zero-order valence-electron chi connectivity index (χ0n) is 7.58. The molecule has 0 aromatic heterocycles. The van der Waals surface area contributed by atoms with Crippen molar-refractivity contribution in [3.05, 3.63) is 0 Å². The third-order valence-corrected chi connectivity index (χ3v) is 2.70. The van der Waals surface area contributed by atoms with Gasteiger partial charge in [-0.15, -0.1) is 0 Å². The minimum atomic E-state index is 0.161. The van der Waals surface area contributed by atoms with Crippen LogP contribution in [-0.4, -0.2) is 37.9 Å². The second-order valence-corrected chi connectivity index (χ2v) is 3.39. The summed E-state index contributed by atoms with van der Waals surface area (Å²) < 4.78 is 5.32. The van der Waals surface area contributed by atoms with Crippen LogP contribution in [0.25, 0.3) is 0 Å². The first-order valence-electron chi connectivity index (χ1n) is 4.15. The highest BCUT2D eigenvalue weighted by Crippen LogP contribution is 2.21. The molecule has 0 radical (unpaired) electrons. The topological polar surface area (TPSA) is 38.5 Å². The van der Waals surface area contributed by atoms with Crippen molar-refractivity contribution in [2.75, 3.05) is 20.7 Å². The molecule has 66 valence electrons. The maximum Gasteiger partial charge on any atom is 0.0636 e. The number of nitrogens with two attached hydrogens (primary N) is 1. The van der Waals surface area contributed by atoms with E-state index in [1.54, 1.807) is 7.11 Å². The highest BCUT2D eigenvalue weighted by molar-refractivity contribution is 4.82. The smallest absolute Gasteiger partial charge is 0.0636 e. The molecule has 11 heavy (non-hydrogen) atoms. The molecular weight excluding hydrogens is 140 g/mol. The second-order valence-electron chi connectivity index (χ2n) is 3.39. The third kappa shape index (κ3) is 1.72.